The van der Waals surface area contributed by atoms with Crippen molar-refractivity contribution in [2.75, 3.05) is 26.0 Å². The van der Waals surface area contributed by atoms with Crippen molar-refractivity contribution in [1.82, 2.24) is 5.32 Å². The van der Waals surface area contributed by atoms with Gasteiger partial charge in [0.15, 0.2) is 6.10 Å². The summed E-state index contributed by atoms with van der Waals surface area (Å²) >= 11 is 1.47. The molecule has 5 heteroatoms. The Balaban J connectivity index is 1.89. The third kappa shape index (κ3) is 4.05. The van der Waals surface area contributed by atoms with Gasteiger partial charge in [0, 0.05) is 13.1 Å². The Morgan fingerprint density at radius 3 is 2.78 bits per heavy atom. The molecule has 1 aliphatic rings. The fraction of sp³-hybridized carbons (Fsp3) is 0.333. The molecule has 0 aromatic heterocycles. The van der Waals surface area contributed by atoms with E-state index in [1.54, 1.807) is 6.07 Å². The number of halogens is 1. The second kappa shape index (κ2) is 7.81. The molecule has 0 aliphatic carbocycles. The second-order valence-electron chi connectivity index (χ2n) is 5.36. The number of ether oxygens (including phenoxy) is 2. The molecule has 0 radical (unpaired) electrons. The summed E-state index contributed by atoms with van der Waals surface area (Å²) in [6.07, 6.45) is 1.60. The van der Waals surface area contributed by atoms with Crippen LogP contribution in [0, 0.1) is 5.82 Å². The van der Waals surface area contributed by atoms with E-state index in [2.05, 4.69) is 5.32 Å². The van der Waals surface area contributed by atoms with Gasteiger partial charge < -0.3 is 14.8 Å². The van der Waals surface area contributed by atoms with Crippen molar-refractivity contribution < 1.29 is 13.9 Å². The van der Waals surface area contributed by atoms with Gasteiger partial charge in [-0.05, 0) is 30.0 Å². The van der Waals surface area contributed by atoms with E-state index in [1.807, 2.05) is 36.6 Å². The van der Waals surface area contributed by atoms with Gasteiger partial charge >= 0.3 is 0 Å². The van der Waals surface area contributed by atoms with E-state index >= 15 is 0 Å². The quantitative estimate of drug-likeness (QED) is 0.846. The Hall–Kier alpha value is -1.56. The highest BCUT2D eigenvalue weighted by Gasteiger charge is 2.28. The predicted molar refractivity (Wildman–Crippen MR) is 90.6 cm³/mol. The molecule has 0 amide bonds. The molecule has 3 rings (SSSR count). The first-order chi connectivity index (χ1) is 11.3. The molecule has 122 valence electrons. The Labute approximate surface area is 140 Å². The fourth-order valence-electron chi connectivity index (χ4n) is 2.66. The van der Waals surface area contributed by atoms with E-state index in [0.717, 1.165) is 23.5 Å². The third-order valence-corrected chi connectivity index (χ3v) is 4.56. The SMILES string of the molecule is CSc1cc(F)ccc1O[C@@H](c1ccccc1)[C@@H]1CNCCO1. The van der Waals surface area contributed by atoms with E-state index < -0.39 is 0 Å². The molecule has 0 saturated carbocycles. The number of benzene rings is 2. The lowest BCUT2D eigenvalue weighted by Gasteiger charge is -2.32. The van der Waals surface area contributed by atoms with Gasteiger partial charge in [-0.3, -0.25) is 0 Å². The number of rotatable bonds is 5. The summed E-state index contributed by atoms with van der Waals surface area (Å²) in [6, 6.07) is 14.6. The summed E-state index contributed by atoms with van der Waals surface area (Å²) in [4.78, 5) is 0.787. The summed E-state index contributed by atoms with van der Waals surface area (Å²) in [5.41, 5.74) is 1.05. The Morgan fingerprint density at radius 1 is 1.26 bits per heavy atom. The first-order valence-corrected chi connectivity index (χ1v) is 8.88. The minimum absolute atomic E-state index is 0.0779. The van der Waals surface area contributed by atoms with Crippen LogP contribution in [0.2, 0.25) is 0 Å². The molecule has 0 bridgehead atoms. The average Bonchev–Trinajstić information content (AvgIpc) is 2.62. The van der Waals surface area contributed by atoms with Gasteiger partial charge in [-0.15, -0.1) is 11.8 Å². The zero-order chi connectivity index (χ0) is 16.1. The van der Waals surface area contributed by atoms with E-state index in [-0.39, 0.29) is 18.0 Å². The maximum absolute atomic E-state index is 13.4. The smallest absolute Gasteiger partial charge is 0.151 e. The van der Waals surface area contributed by atoms with Gasteiger partial charge in [-0.2, -0.15) is 0 Å². The molecule has 1 N–H and O–H groups in total. The van der Waals surface area contributed by atoms with Crippen molar-refractivity contribution in [2.24, 2.45) is 0 Å². The van der Waals surface area contributed by atoms with Crippen LogP contribution in [0.4, 0.5) is 4.39 Å². The van der Waals surface area contributed by atoms with E-state index in [0.29, 0.717) is 12.4 Å². The number of morpholine rings is 1. The van der Waals surface area contributed by atoms with Gasteiger partial charge in [-0.25, -0.2) is 4.39 Å². The van der Waals surface area contributed by atoms with Gasteiger partial charge in [0.1, 0.15) is 17.7 Å². The molecule has 2 aromatic rings. The first-order valence-electron chi connectivity index (χ1n) is 7.65. The standard InChI is InChI=1S/C18H20FNO2S/c1-23-17-11-14(19)7-8-15(17)22-18(13-5-3-2-4-6-13)16-12-20-9-10-21-16/h2-8,11,16,18,20H,9-10,12H2,1H3/t16-,18-/m0/s1. The molecule has 0 spiro atoms. The number of hydrogen-bond donors (Lipinski definition) is 1. The Bertz CT molecular complexity index is 632. The molecular weight excluding hydrogens is 313 g/mol. The Morgan fingerprint density at radius 2 is 2.09 bits per heavy atom. The van der Waals surface area contributed by atoms with Crippen LogP contribution in [0.15, 0.2) is 53.4 Å². The van der Waals surface area contributed by atoms with E-state index in [1.165, 1.54) is 23.9 Å². The Kier molecular flexibility index (Phi) is 5.54. The minimum Gasteiger partial charge on any atom is -0.482 e. The zero-order valence-corrected chi connectivity index (χ0v) is 13.8. The monoisotopic (exact) mass is 333 g/mol. The van der Waals surface area contributed by atoms with Crippen molar-refractivity contribution in [2.45, 2.75) is 17.1 Å². The predicted octanol–water partition coefficient (Wildman–Crippen LogP) is 3.66. The summed E-state index contributed by atoms with van der Waals surface area (Å²) < 4.78 is 25.6. The molecule has 2 aromatic carbocycles. The molecule has 2 atom stereocenters. The topological polar surface area (TPSA) is 30.5 Å². The van der Waals surface area contributed by atoms with Gasteiger partial charge in [0.05, 0.1) is 11.5 Å². The van der Waals surface area contributed by atoms with Gasteiger partial charge in [0.25, 0.3) is 0 Å². The van der Waals surface area contributed by atoms with Crippen LogP contribution in [0.1, 0.15) is 11.7 Å². The largest absolute Gasteiger partial charge is 0.482 e. The maximum Gasteiger partial charge on any atom is 0.151 e. The molecule has 1 fully saturated rings. The molecule has 23 heavy (non-hydrogen) atoms. The maximum atomic E-state index is 13.4. The molecule has 3 nitrogen and oxygen atoms in total. The lowest BCUT2D eigenvalue weighted by atomic mass is 10.0. The average molecular weight is 333 g/mol. The number of nitrogens with one attached hydrogen (secondary N) is 1. The molecular formula is C18H20FNO2S. The highest BCUT2D eigenvalue weighted by atomic mass is 32.2. The van der Waals surface area contributed by atoms with Crippen LogP contribution < -0.4 is 10.1 Å². The molecule has 0 unspecified atom stereocenters. The van der Waals surface area contributed by atoms with Crippen LogP contribution in [0.3, 0.4) is 0 Å². The van der Waals surface area contributed by atoms with E-state index in [4.69, 9.17) is 9.47 Å². The van der Waals surface area contributed by atoms with Crippen molar-refractivity contribution in [3.8, 4) is 5.75 Å². The van der Waals surface area contributed by atoms with Gasteiger partial charge in [-0.1, -0.05) is 30.3 Å². The first kappa shape index (κ1) is 16.3. The number of thioether (sulfide) groups is 1. The highest BCUT2D eigenvalue weighted by molar-refractivity contribution is 7.98. The van der Waals surface area contributed by atoms with Crippen molar-refractivity contribution in [3.63, 3.8) is 0 Å². The van der Waals surface area contributed by atoms with Crippen LogP contribution in [0.5, 0.6) is 5.75 Å². The summed E-state index contributed by atoms with van der Waals surface area (Å²) in [7, 11) is 0. The summed E-state index contributed by atoms with van der Waals surface area (Å²) in [6.45, 7) is 2.25. The van der Waals surface area contributed by atoms with Crippen LogP contribution in [0.25, 0.3) is 0 Å². The molecule has 1 saturated heterocycles. The van der Waals surface area contributed by atoms with Crippen LogP contribution in [-0.4, -0.2) is 32.1 Å². The number of hydrogen-bond acceptors (Lipinski definition) is 4. The summed E-state index contributed by atoms with van der Waals surface area (Å²) in [5, 5.41) is 3.34. The minimum atomic E-state index is -0.256. The lowest BCUT2D eigenvalue weighted by molar-refractivity contribution is -0.0440. The van der Waals surface area contributed by atoms with E-state index in [9.17, 15) is 4.39 Å². The molecule has 1 heterocycles. The lowest BCUT2D eigenvalue weighted by Crippen LogP contribution is -2.43. The normalized spacial score (nSPS) is 19.3. The van der Waals surface area contributed by atoms with Crippen molar-refractivity contribution in [3.05, 3.63) is 59.9 Å². The van der Waals surface area contributed by atoms with Crippen molar-refractivity contribution in [1.29, 1.82) is 0 Å². The second-order valence-corrected chi connectivity index (χ2v) is 6.21. The highest BCUT2D eigenvalue weighted by Crippen LogP contribution is 2.34. The summed E-state index contributed by atoms with van der Waals surface area (Å²) in [5.74, 6) is 0.426. The third-order valence-electron chi connectivity index (χ3n) is 3.80. The fourth-order valence-corrected chi connectivity index (χ4v) is 3.20. The van der Waals surface area contributed by atoms with Crippen LogP contribution >= 0.6 is 11.8 Å². The van der Waals surface area contributed by atoms with Crippen LogP contribution in [-0.2, 0) is 4.74 Å². The zero-order valence-electron chi connectivity index (χ0n) is 13.0. The molecule has 1 aliphatic heterocycles. The van der Waals surface area contributed by atoms with Crippen molar-refractivity contribution >= 4 is 11.8 Å². The van der Waals surface area contributed by atoms with Gasteiger partial charge in [0.2, 0.25) is 0 Å².